The smallest absolute Gasteiger partial charge is 0.320 e. The minimum atomic E-state index is -0.329. The van der Waals surface area contributed by atoms with Gasteiger partial charge in [-0.1, -0.05) is 60.7 Å². The van der Waals surface area contributed by atoms with Gasteiger partial charge in [-0.25, -0.2) is 0 Å². The van der Waals surface area contributed by atoms with Crippen LogP contribution in [-0.4, -0.2) is 24.5 Å². The Morgan fingerprint density at radius 1 is 1.08 bits per heavy atom. The van der Waals surface area contributed by atoms with E-state index in [0.717, 1.165) is 11.1 Å². The number of rotatable bonds is 6. The van der Waals surface area contributed by atoms with Gasteiger partial charge in [-0.05, 0) is 11.1 Å². The van der Waals surface area contributed by atoms with Crippen LogP contribution in [0, 0.1) is 0 Å². The average molecular weight is 324 g/mol. The maximum absolute atomic E-state index is 11.9. The van der Waals surface area contributed by atoms with Crippen molar-refractivity contribution < 1.29 is 14.3 Å². The molecule has 2 aromatic rings. The summed E-state index contributed by atoms with van der Waals surface area (Å²) in [5.41, 5.74) is 1.98. The number of nitrogens with one attached hydrogen (secondary N) is 2. The minimum Gasteiger partial charge on any atom is -0.460 e. The molecular formula is C19H20N2O3. The Morgan fingerprint density at radius 2 is 1.75 bits per heavy atom. The number of carbonyl (C=O) groups excluding carboxylic acids is 2. The molecule has 0 aliphatic carbocycles. The number of esters is 1. The monoisotopic (exact) mass is 324 g/mol. The van der Waals surface area contributed by atoms with Crippen LogP contribution in [0.15, 0.2) is 60.7 Å². The van der Waals surface area contributed by atoms with Crippen molar-refractivity contribution in [3.63, 3.8) is 0 Å². The van der Waals surface area contributed by atoms with Gasteiger partial charge in [0.15, 0.2) is 0 Å². The molecule has 0 saturated carbocycles. The highest BCUT2D eigenvalue weighted by atomic mass is 16.5. The van der Waals surface area contributed by atoms with Gasteiger partial charge in [-0.2, -0.15) is 0 Å². The molecule has 1 fully saturated rings. The van der Waals surface area contributed by atoms with Crippen molar-refractivity contribution in [2.75, 3.05) is 6.54 Å². The summed E-state index contributed by atoms with van der Waals surface area (Å²) in [4.78, 5) is 23.6. The fraction of sp³-hybridized carbons (Fsp3) is 0.263. The fourth-order valence-electron chi connectivity index (χ4n) is 2.82. The summed E-state index contributed by atoms with van der Waals surface area (Å²) in [6.07, 6.45) is 0.353. The summed E-state index contributed by atoms with van der Waals surface area (Å²) >= 11 is 0. The van der Waals surface area contributed by atoms with Crippen molar-refractivity contribution in [2.24, 2.45) is 0 Å². The van der Waals surface area contributed by atoms with Gasteiger partial charge in [0.05, 0.1) is 12.6 Å². The van der Waals surface area contributed by atoms with Crippen LogP contribution in [0.1, 0.15) is 23.6 Å². The van der Waals surface area contributed by atoms with Crippen LogP contribution in [0.2, 0.25) is 0 Å². The average Bonchev–Trinajstić information content (AvgIpc) is 3.00. The van der Waals surface area contributed by atoms with Crippen molar-refractivity contribution >= 4 is 11.9 Å². The first-order valence-corrected chi connectivity index (χ1v) is 7.99. The Bertz CT molecular complexity index is 688. The number of benzene rings is 2. The molecule has 1 aliphatic heterocycles. The maximum atomic E-state index is 11.9. The van der Waals surface area contributed by atoms with Crippen molar-refractivity contribution in [2.45, 2.75) is 25.1 Å². The highest BCUT2D eigenvalue weighted by Gasteiger charge is 2.33. The largest absolute Gasteiger partial charge is 0.460 e. The zero-order chi connectivity index (χ0) is 16.8. The summed E-state index contributed by atoms with van der Waals surface area (Å²) in [6, 6.07) is 19.0. The third-order valence-corrected chi connectivity index (χ3v) is 4.03. The molecule has 24 heavy (non-hydrogen) atoms. The van der Waals surface area contributed by atoms with Gasteiger partial charge in [0, 0.05) is 12.5 Å². The lowest BCUT2D eigenvalue weighted by molar-refractivity contribution is -0.144. The molecule has 5 nitrogen and oxygen atoms in total. The third-order valence-electron chi connectivity index (χ3n) is 4.03. The van der Waals surface area contributed by atoms with Gasteiger partial charge >= 0.3 is 5.97 Å². The Hall–Kier alpha value is -2.66. The highest BCUT2D eigenvalue weighted by molar-refractivity contribution is 5.80. The molecule has 3 rings (SSSR count). The molecule has 124 valence electrons. The van der Waals surface area contributed by atoms with E-state index in [1.807, 2.05) is 60.7 Å². The molecule has 1 aliphatic rings. The van der Waals surface area contributed by atoms with E-state index in [0.29, 0.717) is 6.42 Å². The van der Waals surface area contributed by atoms with Crippen molar-refractivity contribution in [3.05, 3.63) is 71.8 Å². The molecule has 1 amide bonds. The highest BCUT2D eigenvalue weighted by Crippen LogP contribution is 2.24. The third kappa shape index (κ3) is 4.20. The molecule has 1 unspecified atom stereocenters. The van der Waals surface area contributed by atoms with Gasteiger partial charge in [0.25, 0.3) is 0 Å². The number of hydrogen-bond donors (Lipinski definition) is 2. The standard InChI is InChI=1S/C19H20N2O3/c22-17-11-16(19(21-17)15-9-5-2-6-10-15)20-12-18(23)24-13-14-7-3-1-4-8-14/h1-10,16,19-20H,11-13H2,(H,21,22)/t16-,19?/m0/s1. The number of hydrogen-bond acceptors (Lipinski definition) is 4. The lowest BCUT2D eigenvalue weighted by atomic mass is 10.0. The lowest BCUT2D eigenvalue weighted by Gasteiger charge is -2.20. The number of ether oxygens (including phenoxy) is 1. The molecule has 2 aromatic carbocycles. The number of amides is 1. The molecule has 1 saturated heterocycles. The van der Waals surface area contributed by atoms with Crippen molar-refractivity contribution in [1.82, 2.24) is 10.6 Å². The summed E-state index contributed by atoms with van der Waals surface area (Å²) in [6.45, 7) is 0.334. The second-order valence-electron chi connectivity index (χ2n) is 5.79. The van der Waals surface area contributed by atoms with Gasteiger partial charge in [0.1, 0.15) is 6.61 Å². The van der Waals surface area contributed by atoms with E-state index in [4.69, 9.17) is 4.74 Å². The Kier molecular flexibility index (Phi) is 5.23. The normalized spacial score (nSPS) is 19.8. The first kappa shape index (κ1) is 16.2. The second kappa shape index (κ2) is 7.75. The van der Waals surface area contributed by atoms with Crippen LogP contribution in [0.25, 0.3) is 0 Å². The maximum Gasteiger partial charge on any atom is 0.320 e. The van der Waals surface area contributed by atoms with Crippen molar-refractivity contribution in [3.8, 4) is 0 Å². The molecule has 0 bridgehead atoms. The SMILES string of the molecule is O=C1C[C@H](NCC(=O)OCc2ccccc2)C(c2ccccc2)N1. The summed E-state index contributed by atoms with van der Waals surface area (Å²) in [7, 11) is 0. The van der Waals surface area contributed by atoms with Crippen LogP contribution in [0.5, 0.6) is 0 Å². The van der Waals surface area contributed by atoms with E-state index in [2.05, 4.69) is 10.6 Å². The van der Waals surface area contributed by atoms with Crippen LogP contribution < -0.4 is 10.6 Å². The topological polar surface area (TPSA) is 67.4 Å². The first-order chi connectivity index (χ1) is 11.7. The fourth-order valence-corrected chi connectivity index (χ4v) is 2.82. The molecule has 0 radical (unpaired) electrons. The van der Waals surface area contributed by atoms with E-state index < -0.39 is 0 Å². The quantitative estimate of drug-likeness (QED) is 0.797. The van der Waals surface area contributed by atoms with E-state index in [1.54, 1.807) is 0 Å². The zero-order valence-corrected chi connectivity index (χ0v) is 13.3. The lowest BCUT2D eigenvalue weighted by Crippen LogP contribution is -2.38. The van der Waals surface area contributed by atoms with Crippen LogP contribution in [-0.2, 0) is 20.9 Å². The van der Waals surface area contributed by atoms with Crippen LogP contribution >= 0.6 is 0 Å². The van der Waals surface area contributed by atoms with E-state index >= 15 is 0 Å². The molecule has 0 spiro atoms. The van der Waals surface area contributed by atoms with Crippen LogP contribution in [0.3, 0.4) is 0 Å². The molecule has 5 heteroatoms. The predicted octanol–water partition coefficient (Wildman–Crippen LogP) is 1.95. The molecule has 2 atom stereocenters. The van der Waals surface area contributed by atoms with Crippen molar-refractivity contribution in [1.29, 1.82) is 0 Å². The van der Waals surface area contributed by atoms with Gasteiger partial charge in [0.2, 0.25) is 5.91 Å². The molecule has 1 heterocycles. The molecule has 2 N–H and O–H groups in total. The number of carbonyl (C=O) groups is 2. The summed E-state index contributed by atoms with van der Waals surface area (Å²) in [5.74, 6) is -0.344. The summed E-state index contributed by atoms with van der Waals surface area (Å²) in [5, 5.41) is 6.09. The second-order valence-corrected chi connectivity index (χ2v) is 5.79. The first-order valence-electron chi connectivity index (χ1n) is 7.99. The van der Waals surface area contributed by atoms with E-state index in [1.165, 1.54) is 0 Å². The molecule has 0 aromatic heterocycles. The minimum absolute atomic E-state index is 0.0148. The van der Waals surface area contributed by atoms with Gasteiger partial charge < -0.3 is 15.4 Å². The predicted molar refractivity (Wildman–Crippen MR) is 90.0 cm³/mol. The van der Waals surface area contributed by atoms with E-state index in [9.17, 15) is 9.59 Å². The van der Waals surface area contributed by atoms with Crippen LogP contribution in [0.4, 0.5) is 0 Å². The Labute approximate surface area is 141 Å². The van der Waals surface area contributed by atoms with Gasteiger partial charge in [-0.3, -0.25) is 9.59 Å². The Morgan fingerprint density at radius 3 is 2.46 bits per heavy atom. The zero-order valence-electron chi connectivity index (χ0n) is 13.3. The van der Waals surface area contributed by atoms with Gasteiger partial charge in [-0.15, -0.1) is 0 Å². The van der Waals surface area contributed by atoms with E-state index in [-0.39, 0.29) is 37.1 Å². The molecular weight excluding hydrogens is 304 g/mol. The summed E-state index contributed by atoms with van der Waals surface area (Å²) < 4.78 is 5.25. The Balaban J connectivity index is 1.51.